The van der Waals surface area contributed by atoms with E-state index < -0.39 is 17.3 Å². The third kappa shape index (κ3) is 10.6. The summed E-state index contributed by atoms with van der Waals surface area (Å²) in [6.07, 6.45) is 3.32. The molecule has 1 saturated carbocycles. The van der Waals surface area contributed by atoms with Crippen molar-refractivity contribution in [2.45, 2.75) is 112 Å². The third-order valence-corrected chi connectivity index (χ3v) is 7.67. The highest BCUT2D eigenvalue weighted by atomic mass is 16.6. The van der Waals surface area contributed by atoms with Crippen molar-refractivity contribution in [3.05, 3.63) is 17.5 Å². The lowest BCUT2D eigenvalue weighted by Crippen LogP contribution is -2.44. The molecule has 1 aliphatic carbocycles. The molecule has 0 N–H and O–H groups in total. The van der Waals surface area contributed by atoms with Gasteiger partial charge < -0.3 is 24.2 Å². The van der Waals surface area contributed by atoms with E-state index in [9.17, 15) is 14.4 Å². The van der Waals surface area contributed by atoms with Gasteiger partial charge in [-0.05, 0) is 79.2 Å². The smallest absolute Gasteiger partial charge is 0.435 e. The molecule has 1 unspecified atom stereocenters. The predicted molar refractivity (Wildman–Crippen MR) is 165 cm³/mol. The summed E-state index contributed by atoms with van der Waals surface area (Å²) in [5, 5.41) is 4.78. The molecule has 0 bridgehead atoms. The number of carbonyl (C=O) groups is 3. The zero-order valence-electron chi connectivity index (χ0n) is 28.5. The van der Waals surface area contributed by atoms with Crippen LogP contribution in [0.25, 0.3) is 0 Å². The summed E-state index contributed by atoms with van der Waals surface area (Å²) in [6.45, 7) is 22.0. The fraction of sp³-hybridized carbons (Fsp3) is 0.812. The van der Waals surface area contributed by atoms with Crippen LogP contribution < -0.4 is 0 Å². The van der Waals surface area contributed by atoms with Crippen LogP contribution in [0.3, 0.4) is 0 Å². The van der Waals surface area contributed by atoms with Crippen molar-refractivity contribution in [3.8, 4) is 0 Å². The molecular weight excluding hydrogens is 534 g/mol. The molecule has 10 heteroatoms. The largest absolute Gasteiger partial charge is 0.444 e. The maximum Gasteiger partial charge on any atom is 0.435 e. The first-order chi connectivity index (χ1) is 19.1. The van der Waals surface area contributed by atoms with E-state index in [0.29, 0.717) is 32.0 Å². The van der Waals surface area contributed by atoms with Gasteiger partial charge in [-0.3, -0.25) is 4.79 Å². The van der Waals surface area contributed by atoms with Gasteiger partial charge in [0.1, 0.15) is 11.2 Å². The lowest BCUT2D eigenvalue weighted by atomic mass is 9.64. The Morgan fingerprint density at radius 1 is 1.00 bits per heavy atom. The minimum Gasteiger partial charge on any atom is -0.444 e. The Morgan fingerprint density at radius 3 is 2.14 bits per heavy atom. The number of amides is 2. The molecule has 10 nitrogen and oxygen atoms in total. The van der Waals surface area contributed by atoms with Crippen molar-refractivity contribution in [1.82, 2.24) is 24.5 Å². The molecule has 0 radical (unpaired) electrons. The van der Waals surface area contributed by atoms with Gasteiger partial charge in [-0.1, -0.05) is 27.7 Å². The molecular formula is C32H57N5O5. The summed E-state index contributed by atoms with van der Waals surface area (Å²) in [5.41, 5.74) is 0.428. The molecule has 0 saturated heterocycles. The van der Waals surface area contributed by atoms with Gasteiger partial charge >= 0.3 is 12.2 Å². The second-order valence-corrected chi connectivity index (χ2v) is 15.2. The quantitative estimate of drug-likeness (QED) is 0.348. The first kappa shape index (κ1) is 35.6. The fourth-order valence-electron chi connectivity index (χ4n) is 5.44. The molecule has 0 spiro atoms. The Labute approximate surface area is 254 Å². The highest BCUT2D eigenvalue weighted by Gasteiger charge is 2.43. The van der Waals surface area contributed by atoms with Crippen LogP contribution >= 0.6 is 0 Å². The van der Waals surface area contributed by atoms with Crippen LogP contribution in [0.4, 0.5) is 9.59 Å². The topological polar surface area (TPSA) is 97.2 Å². The van der Waals surface area contributed by atoms with Gasteiger partial charge in [-0.25, -0.2) is 9.59 Å². The molecule has 0 aliphatic heterocycles. The SMILES string of the molecule is CC(C)CN(C)C(=O)[C@H]1CC(c2nn(C(=O)OC(C)(C)C)cc2CN(C)CCN(C)C(=O)OC(C)(C)C)CCC1(C)C. The van der Waals surface area contributed by atoms with Gasteiger partial charge in [-0.2, -0.15) is 9.78 Å². The summed E-state index contributed by atoms with van der Waals surface area (Å²) in [6, 6.07) is 0. The zero-order chi connectivity index (χ0) is 32.2. The average Bonchev–Trinajstić information content (AvgIpc) is 3.23. The summed E-state index contributed by atoms with van der Waals surface area (Å²) in [7, 11) is 5.60. The molecule has 2 rings (SSSR count). The minimum atomic E-state index is -0.653. The number of likely N-dealkylation sites (N-methyl/N-ethyl adjacent to an activating group) is 2. The second kappa shape index (κ2) is 13.8. The highest BCUT2D eigenvalue weighted by Crippen LogP contribution is 2.47. The highest BCUT2D eigenvalue weighted by molar-refractivity contribution is 5.79. The Bertz CT molecular complexity index is 1080. The maximum absolute atomic E-state index is 13.6. The van der Waals surface area contributed by atoms with Crippen molar-refractivity contribution in [2.24, 2.45) is 17.3 Å². The van der Waals surface area contributed by atoms with Gasteiger partial charge in [-0.15, -0.1) is 0 Å². The van der Waals surface area contributed by atoms with Gasteiger partial charge in [0.2, 0.25) is 5.91 Å². The fourth-order valence-corrected chi connectivity index (χ4v) is 5.44. The summed E-state index contributed by atoms with van der Waals surface area (Å²) < 4.78 is 12.4. The van der Waals surface area contributed by atoms with Crippen molar-refractivity contribution in [3.63, 3.8) is 0 Å². The first-order valence-electron chi connectivity index (χ1n) is 15.3. The van der Waals surface area contributed by atoms with Crippen molar-refractivity contribution in [1.29, 1.82) is 0 Å². The Hall–Kier alpha value is -2.62. The minimum absolute atomic E-state index is 0.0379. The van der Waals surface area contributed by atoms with E-state index in [4.69, 9.17) is 14.6 Å². The van der Waals surface area contributed by atoms with E-state index in [0.717, 1.165) is 30.6 Å². The Balaban J connectivity index is 2.30. The van der Waals surface area contributed by atoms with Gasteiger partial charge in [0, 0.05) is 63.9 Å². The van der Waals surface area contributed by atoms with E-state index in [1.807, 2.05) is 60.5 Å². The number of rotatable bonds is 9. The molecule has 240 valence electrons. The molecule has 1 aromatic heterocycles. The lowest BCUT2D eigenvalue weighted by molar-refractivity contribution is -0.140. The van der Waals surface area contributed by atoms with Crippen molar-refractivity contribution in [2.75, 3.05) is 40.8 Å². The van der Waals surface area contributed by atoms with Crippen LogP contribution in [0.1, 0.15) is 106 Å². The molecule has 1 heterocycles. The number of carbonyl (C=O) groups excluding carboxylic acids is 3. The number of nitrogens with zero attached hydrogens (tertiary/aromatic N) is 5. The van der Waals surface area contributed by atoms with Crippen molar-refractivity contribution >= 4 is 18.1 Å². The van der Waals surface area contributed by atoms with Crippen LogP contribution in [-0.4, -0.2) is 94.6 Å². The molecule has 1 aliphatic rings. The molecule has 0 aromatic carbocycles. The van der Waals surface area contributed by atoms with Crippen LogP contribution in [0.15, 0.2) is 6.20 Å². The number of hydrogen-bond donors (Lipinski definition) is 0. The number of ether oxygens (including phenoxy) is 2. The monoisotopic (exact) mass is 591 g/mol. The van der Waals surface area contributed by atoms with Crippen molar-refractivity contribution < 1.29 is 23.9 Å². The molecule has 2 amide bonds. The average molecular weight is 592 g/mol. The molecule has 42 heavy (non-hydrogen) atoms. The van der Waals surface area contributed by atoms with E-state index in [-0.39, 0.29) is 29.3 Å². The maximum atomic E-state index is 13.6. The Morgan fingerprint density at radius 2 is 1.60 bits per heavy atom. The van der Waals surface area contributed by atoms with Gasteiger partial charge in [0.05, 0.1) is 5.69 Å². The second-order valence-electron chi connectivity index (χ2n) is 15.2. The summed E-state index contributed by atoms with van der Waals surface area (Å²) >= 11 is 0. The zero-order valence-corrected chi connectivity index (χ0v) is 28.5. The van der Waals surface area contributed by atoms with Crippen LogP contribution in [0.5, 0.6) is 0 Å². The molecule has 2 atom stereocenters. The summed E-state index contributed by atoms with van der Waals surface area (Å²) in [5.74, 6) is 0.465. The van der Waals surface area contributed by atoms with E-state index in [1.165, 1.54) is 4.68 Å². The van der Waals surface area contributed by atoms with Crippen LogP contribution in [0, 0.1) is 17.3 Å². The third-order valence-electron chi connectivity index (χ3n) is 7.67. The van der Waals surface area contributed by atoms with Crippen LogP contribution in [0.2, 0.25) is 0 Å². The van der Waals surface area contributed by atoms with E-state index >= 15 is 0 Å². The van der Waals surface area contributed by atoms with Gasteiger partial charge in [0.25, 0.3) is 0 Å². The number of aromatic nitrogens is 2. The standard InChI is InChI=1S/C32H57N5O5/c1-22(2)19-36(13)27(38)25-18-23(14-15-32(25,9)10)26-24(21-37(33-26)29(40)42-31(6,7)8)20-34(11)16-17-35(12)28(39)41-30(3,4)5/h21-23,25H,14-20H2,1-13H3/t23?,25-/m1/s1. The van der Waals surface area contributed by atoms with Gasteiger partial charge in [0.15, 0.2) is 0 Å². The van der Waals surface area contributed by atoms with Crippen LogP contribution in [-0.2, 0) is 20.8 Å². The first-order valence-corrected chi connectivity index (χ1v) is 15.3. The predicted octanol–water partition coefficient (Wildman–Crippen LogP) is 5.99. The Kier molecular flexibility index (Phi) is 11.7. The molecule has 1 aromatic rings. The normalized spacial score (nSPS) is 19.1. The summed E-state index contributed by atoms with van der Waals surface area (Å²) in [4.78, 5) is 44.6. The van der Waals surface area contributed by atoms with E-state index in [2.05, 4.69) is 32.6 Å². The van der Waals surface area contributed by atoms with E-state index in [1.54, 1.807) is 18.1 Å². The number of hydrogen-bond acceptors (Lipinski definition) is 7. The lowest BCUT2D eigenvalue weighted by Gasteiger charge is -2.42. The molecule has 1 fully saturated rings.